The number of carbonyl (C=O) groups excluding carboxylic acids is 1. The van der Waals surface area contributed by atoms with Crippen LogP contribution in [0.4, 0.5) is 0 Å². The van der Waals surface area contributed by atoms with Gasteiger partial charge in [-0.2, -0.15) is 12.6 Å². The standard InChI is InChI=1S/C10H20O2S.CH3.Sn.H/c1-9(2)5-3-4-6-10(11)12-7-8-13;;;/h9,13H,3-8H2,1-2H3;1H3;;. The van der Waals surface area contributed by atoms with E-state index in [2.05, 4.69) is 31.4 Å². The van der Waals surface area contributed by atoms with Crippen LogP contribution in [-0.2, 0) is 9.53 Å². The number of esters is 1. The van der Waals surface area contributed by atoms with E-state index in [1.54, 1.807) is 0 Å². The molecule has 0 aromatic heterocycles. The van der Waals surface area contributed by atoms with Gasteiger partial charge in [0.05, 0.1) is 0 Å². The number of hydrogen-bond donors (Lipinski definition) is 1. The topological polar surface area (TPSA) is 26.3 Å². The van der Waals surface area contributed by atoms with E-state index in [9.17, 15) is 4.79 Å². The molecule has 90 valence electrons. The molecule has 15 heavy (non-hydrogen) atoms. The number of hydrogen-bond acceptors (Lipinski definition) is 3. The zero-order valence-corrected chi connectivity index (χ0v) is 14.4. The number of thiol groups is 1. The van der Waals surface area contributed by atoms with Gasteiger partial charge in [-0.15, -0.1) is 0 Å². The van der Waals surface area contributed by atoms with Gasteiger partial charge in [-0.05, 0) is 12.3 Å². The van der Waals surface area contributed by atoms with Crippen LogP contribution < -0.4 is 0 Å². The molecule has 0 amide bonds. The van der Waals surface area contributed by atoms with Crippen LogP contribution in [0.3, 0.4) is 0 Å². The summed E-state index contributed by atoms with van der Waals surface area (Å²) in [6.07, 6.45) is 3.82. The maximum absolute atomic E-state index is 11.0. The molecule has 0 unspecified atom stereocenters. The van der Waals surface area contributed by atoms with Gasteiger partial charge in [0.2, 0.25) is 0 Å². The molecule has 0 aromatic carbocycles. The Balaban J connectivity index is 0. The molecule has 0 heterocycles. The molecule has 4 heteroatoms. The van der Waals surface area contributed by atoms with Crippen LogP contribution >= 0.6 is 12.6 Å². The van der Waals surface area contributed by atoms with Crippen LogP contribution in [0, 0.1) is 5.92 Å². The molecular weight excluding hydrogens is 315 g/mol. The molecule has 0 aliphatic rings. The average molecular weight is 339 g/mol. The Bertz CT molecular complexity index is 141. The zero-order chi connectivity index (χ0) is 12.1. The second-order valence-corrected chi connectivity index (χ2v) is 4.03. The number of ether oxygens (including phenoxy) is 1. The van der Waals surface area contributed by atoms with Crippen LogP contribution in [0.2, 0.25) is 4.94 Å². The Morgan fingerprint density at radius 2 is 1.93 bits per heavy atom. The van der Waals surface area contributed by atoms with E-state index >= 15 is 0 Å². The van der Waals surface area contributed by atoms with Gasteiger partial charge >= 0.3 is 33.4 Å². The minimum absolute atomic E-state index is 0.0854. The van der Waals surface area contributed by atoms with Crippen molar-refractivity contribution in [2.45, 2.75) is 44.5 Å². The molecule has 0 rings (SSSR count). The number of unbranched alkanes of at least 4 members (excludes halogenated alkanes) is 1. The third-order valence-electron chi connectivity index (χ3n) is 1.77. The van der Waals surface area contributed by atoms with Crippen molar-refractivity contribution in [2.75, 3.05) is 12.4 Å². The Kier molecular flexibility index (Phi) is 17.5. The molecule has 2 nitrogen and oxygen atoms in total. The van der Waals surface area contributed by atoms with Crippen molar-refractivity contribution in [1.29, 1.82) is 0 Å². The van der Waals surface area contributed by atoms with E-state index in [-0.39, 0.29) is 5.97 Å². The Morgan fingerprint density at radius 1 is 1.33 bits per heavy atom. The van der Waals surface area contributed by atoms with Crippen molar-refractivity contribution in [2.24, 2.45) is 5.92 Å². The summed E-state index contributed by atoms with van der Waals surface area (Å²) in [6, 6.07) is 0. The van der Waals surface area contributed by atoms with Gasteiger partial charge in [0.25, 0.3) is 0 Å². The SMILES string of the molecule is CC(C)CCCCC(=O)OCCS.[CH3][SnH]. The predicted octanol–water partition coefficient (Wildman–Crippen LogP) is 2.61. The van der Waals surface area contributed by atoms with Gasteiger partial charge in [0, 0.05) is 12.2 Å². The molecule has 0 N–H and O–H groups in total. The van der Waals surface area contributed by atoms with E-state index in [1.165, 1.54) is 28.9 Å². The molecule has 0 spiro atoms. The van der Waals surface area contributed by atoms with E-state index in [0.717, 1.165) is 18.8 Å². The average Bonchev–Trinajstić information content (AvgIpc) is 2.24. The predicted molar refractivity (Wildman–Crippen MR) is 71.1 cm³/mol. The fourth-order valence-corrected chi connectivity index (χ4v) is 1.14. The molecule has 0 aromatic rings. The maximum atomic E-state index is 11.0. The monoisotopic (exact) mass is 340 g/mol. The van der Waals surface area contributed by atoms with Crippen molar-refractivity contribution < 1.29 is 9.53 Å². The molecule has 0 bridgehead atoms. The van der Waals surface area contributed by atoms with Gasteiger partial charge in [-0.3, -0.25) is 4.79 Å². The molecule has 0 saturated heterocycles. The third-order valence-corrected chi connectivity index (χ3v) is 1.95. The molecule has 0 aliphatic carbocycles. The number of carbonyl (C=O) groups is 1. The molecule has 0 aliphatic heterocycles. The summed E-state index contributed by atoms with van der Waals surface area (Å²) in [6.45, 7) is 4.82. The van der Waals surface area contributed by atoms with Crippen molar-refractivity contribution >= 4 is 41.1 Å². The van der Waals surface area contributed by atoms with Crippen LogP contribution in [-0.4, -0.2) is 40.9 Å². The Labute approximate surface area is 113 Å². The van der Waals surface area contributed by atoms with Crippen LogP contribution in [0.5, 0.6) is 0 Å². The fraction of sp³-hybridized carbons (Fsp3) is 0.909. The summed E-state index contributed by atoms with van der Waals surface area (Å²) in [5.41, 5.74) is 0. The summed E-state index contributed by atoms with van der Waals surface area (Å²) >= 11 is 5.30. The summed E-state index contributed by atoms with van der Waals surface area (Å²) in [7, 11) is 0. The summed E-state index contributed by atoms with van der Waals surface area (Å²) < 4.78 is 4.88. The molecular formula is C11H24O2SSn. The molecule has 2 radical (unpaired) electrons. The fourth-order valence-electron chi connectivity index (χ4n) is 1.05. The van der Waals surface area contributed by atoms with E-state index in [4.69, 9.17) is 4.74 Å². The van der Waals surface area contributed by atoms with Crippen LogP contribution in [0.15, 0.2) is 0 Å². The van der Waals surface area contributed by atoms with Crippen LogP contribution in [0.25, 0.3) is 0 Å². The van der Waals surface area contributed by atoms with Crippen molar-refractivity contribution in [3.63, 3.8) is 0 Å². The van der Waals surface area contributed by atoms with Gasteiger partial charge in [0.15, 0.2) is 0 Å². The summed E-state index contributed by atoms with van der Waals surface area (Å²) in [5, 5.41) is 0. The molecule has 0 saturated carbocycles. The Morgan fingerprint density at radius 3 is 2.40 bits per heavy atom. The van der Waals surface area contributed by atoms with Gasteiger partial charge in [-0.25, -0.2) is 0 Å². The van der Waals surface area contributed by atoms with E-state index < -0.39 is 0 Å². The Hall–Kier alpha value is 0.619. The van der Waals surface area contributed by atoms with Gasteiger partial charge in [-0.1, -0.05) is 26.7 Å². The second kappa shape index (κ2) is 14.6. The van der Waals surface area contributed by atoms with Crippen molar-refractivity contribution in [3.05, 3.63) is 0 Å². The summed E-state index contributed by atoms with van der Waals surface area (Å²) in [5.74, 6) is 1.25. The first-order valence-corrected chi connectivity index (χ1v) is 9.44. The van der Waals surface area contributed by atoms with Crippen molar-refractivity contribution in [1.82, 2.24) is 0 Å². The normalized spacial score (nSPS) is 9.47. The van der Waals surface area contributed by atoms with Gasteiger partial charge < -0.3 is 4.74 Å². The van der Waals surface area contributed by atoms with E-state index in [0.29, 0.717) is 18.8 Å². The number of rotatable bonds is 7. The first-order chi connectivity index (χ1) is 7.16. The zero-order valence-electron chi connectivity index (χ0n) is 10.2. The first-order valence-electron chi connectivity index (χ1n) is 5.51. The van der Waals surface area contributed by atoms with Gasteiger partial charge in [0.1, 0.15) is 6.61 Å². The quantitative estimate of drug-likeness (QED) is 0.334. The second-order valence-electron chi connectivity index (χ2n) is 3.58. The first kappa shape index (κ1) is 18.0. The third kappa shape index (κ3) is 17.2. The van der Waals surface area contributed by atoms with Crippen LogP contribution in [0.1, 0.15) is 39.5 Å². The summed E-state index contributed by atoms with van der Waals surface area (Å²) in [4.78, 5) is 13.1. The van der Waals surface area contributed by atoms with E-state index in [1.807, 2.05) is 0 Å². The van der Waals surface area contributed by atoms with Crippen molar-refractivity contribution in [3.8, 4) is 0 Å². The minimum atomic E-state index is -0.0854. The molecule has 0 atom stereocenters. The molecule has 0 fully saturated rings.